The standard InChI is InChI=1S/C19H16F3N5O2S/c1-12-9-16(19(20,21)22)27(26-12)14-5-8-17(24-10-14)25-18(29)13-3-6-15(7-4-13)30(11-28)23-2/h3-10,23H,1-2H3,(H,24,25,29). The summed E-state index contributed by atoms with van der Waals surface area (Å²) in [6.45, 7) is 1.46. The van der Waals surface area contributed by atoms with Gasteiger partial charge in [0.25, 0.3) is 5.91 Å². The Morgan fingerprint density at radius 1 is 1.17 bits per heavy atom. The van der Waals surface area contributed by atoms with Crippen molar-refractivity contribution in [2.24, 2.45) is 0 Å². The molecule has 0 radical (unpaired) electrons. The molecule has 1 atom stereocenters. The van der Waals surface area contributed by atoms with Crippen molar-refractivity contribution in [1.82, 2.24) is 19.5 Å². The summed E-state index contributed by atoms with van der Waals surface area (Å²) in [7, 11) is 0.754. The number of pyridine rings is 1. The van der Waals surface area contributed by atoms with Crippen molar-refractivity contribution in [3.8, 4) is 5.69 Å². The number of hydrogen-bond acceptors (Lipinski definition) is 5. The second-order valence-electron chi connectivity index (χ2n) is 6.05. The molecule has 1 unspecified atom stereocenters. The largest absolute Gasteiger partial charge is 0.433 e. The quantitative estimate of drug-likeness (QED) is 0.597. The highest BCUT2D eigenvalue weighted by molar-refractivity contribution is 8.12. The van der Waals surface area contributed by atoms with Crippen LogP contribution >= 0.6 is 10.7 Å². The third-order valence-electron chi connectivity index (χ3n) is 4.00. The lowest BCUT2D eigenvalue weighted by atomic mass is 10.2. The van der Waals surface area contributed by atoms with Gasteiger partial charge in [-0.15, -0.1) is 0 Å². The van der Waals surface area contributed by atoms with Crippen LogP contribution in [-0.4, -0.2) is 33.0 Å². The van der Waals surface area contributed by atoms with Crippen molar-refractivity contribution < 1.29 is 22.8 Å². The van der Waals surface area contributed by atoms with Crippen LogP contribution in [0.2, 0.25) is 0 Å². The van der Waals surface area contributed by atoms with Gasteiger partial charge < -0.3 is 5.32 Å². The number of anilines is 1. The third-order valence-corrected chi connectivity index (χ3v) is 5.31. The molecule has 0 aliphatic rings. The molecule has 0 aliphatic carbocycles. The topological polar surface area (TPSA) is 88.9 Å². The van der Waals surface area contributed by atoms with Crippen molar-refractivity contribution in [3.05, 3.63) is 65.6 Å². The van der Waals surface area contributed by atoms with Crippen LogP contribution in [0.1, 0.15) is 21.7 Å². The molecular formula is C19H16F3N5O2S. The van der Waals surface area contributed by atoms with E-state index in [1.165, 1.54) is 25.3 Å². The molecule has 156 valence electrons. The molecule has 0 bridgehead atoms. The number of rotatable bonds is 5. The van der Waals surface area contributed by atoms with Gasteiger partial charge in [-0.25, -0.2) is 14.5 Å². The van der Waals surface area contributed by atoms with E-state index in [9.17, 15) is 22.8 Å². The molecule has 3 aromatic rings. The number of nitrogens with one attached hydrogen (secondary N) is 2. The number of carbonyl (C=O) groups excluding carboxylic acids is 2. The summed E-state index contributed by atoms with van der Waals surface area (Å²) in [6, 6.07) is 10.1. The first-order valence-electron chi connectivity index (χ1n) is 8.54. The summed E-state index contributed by atoms with van der Waals surface area (Å²) in [6.07, 6.45) is -3.37. The Kier molecular flexibility index (Phi) is 6.16. The van der Waals surface area contributed by atoms with Gasteiger partial charge in [0.15, 0.2) is 5.23 Å². The molecule has 2 N–H and O–H groups in total. The zero-order chi connectivity index (χ0) is 21.9. The number of halogens is 3. The number of amides is 1. The Morgan fingerprint density at radius 3 is 2.40 bits per heavy atom. The third kappa shape index (κ3) is 4.65. The van der Waals surface area contributed by atoms with Crippen LogP contribution < -0.4 is 10.0 Å². The molecular weight excluding hydrogens is 419 g/mol. The SMILES string of the molecule is CNS(=C=O)c1ccc(C(=O)Nc2ccc(-n3nc(C)cc3C(F)(F)F)cn2)cc1. The number of aromatic nitrogens is 3. The zero-order valence-electron chi connectivity index (χ0n) is 15.8. The van der Waals surface area contributed by atoms with E-state index < -0.39 is 28.4 Å². The minimum absolute atomic E-state index is 0.113. The van der Waals surface area contributed by atoms with Crippen LogP contribution in [0, 0.1) is 6.92 Å². The van der Waals surface area contributed by atoms with E-state index >= 15 is 0 Å². The molecule has 11 heteroatoms. The number of hydrogen-bond donors (Lipinski definition) is 2. The van der Waals surface area contributed by atoms with Gasteiger partial charge in [0.05, 0.1) is 17.6 Å². The van der Waals surface area contributed by atoms with Crippen LogP contribution in [0.15, 0.2) is 53.6 Å². The fourth-order valence-electron chi connectivity index (χ4n) is 2.62. The number of carbonyl (C=O) groups is 1. The first kappa shape index (κ1) is 21.4. The lowest BCUT2D eigenvalue weighted by Gasteiger charge is -2.11. The van der Waals surface area contributed by atoms with Gasteiger partial charge in [0.1, 0.15) is 11.5 Å². The number of alkyl halides is 3. The first-order chi connectivity index (χ1) is 14.2. The highest BCUT2D eigenvalue weighted by Gasteiger charge is 2.35. The number of aryl methyl sites for hydroxylation is 1. The van der Waals surface area contributed by atoms with Crippen molar-refractivity contribution in [1.29, 1.82) is 0 Å². The second kappa shape index (κ2) is 8.62. The lowest BCUT2D eigenvalue weighted by molar-refractivity contribution is -0.142. The highest BCUT2D eigenvalue weighted by Crippen LogP contribution is 2.31. The predicted octanol–water partition coefficient (Wildman–Crippen LogP) is 3.68. The predicted molar refractivity (Wildman–Crippen MR) is 106 cm³/mol. The molecule has 3 rings (SSSR count). The Bertz CT molecular complexity index is 1120. The van der Waals surface area contributed by atoms with Gasteiger partial charge in [0.2, 0.25) is 0 Å². The molecule has 2 heterocycles. The Balaban J connectivity index is 1.77. The monoisotopic (exact) mass is 435 g/mol. The number of benzene rings is 1. The summed E-state index contributed by atoms with van der Waals surface area (Å²) >= 11 is 0. The van der Waals surface area contributed by atoms with Crippen molar-refractivity contribution in [3.63, 3.8) is 0 Å². The van der Waals surface area contributed by atoms with Crippen molar-refractivity contribution in [2.75, 3.05) is 12.4 Å². The average Bonchev–Trinajstić information content (AvgIpc) is 3.12. The zero-order valence-corrected chi connectivity index (χ0v) is 16.6. The Hall–Kier alpha value is -3.27. The molecule has 0 spiro atoms. The second-order valence-corrected chi connectivity index (χ2v) is 7.71. The normalized spacial score (nSPS) is 12.3. The van der Waals surface area contributed by atoms with E-state index in [4.69, 9.17) is 0 Å². The van der Waals surface area contributed by atoms with Crippen LogP contribution in [0.25, 0.3) is 5.69 Å². The minimum Gasteiger partial charge on any atom is -0.307 e. The van der Waals surface area contributed by atoms with Crippen LogP contribution in [0.4, 0.5) is 19.0 Å². The lowest BCUT2D eigenvalue weighted by Crippen LogP contribution is -2.15. The van der Waals surface area contributed by atoms with E-state index in [1.54, 1.807) is 31.3 Å². The summed E-state index contributed by atoms with van der Waals surface area (Å²) in [4.78, 5) is 27.9. The Morgan fingerprint density at radius 2 is 1.87 bits per heavy atom. The van der Waals surface area contributed by atoms with Gasteiger partial charge in [-0.3, -0.25) is 9.52 Å². The molecule has 7 nitrogen and oxygen atoms in total. The van der Waals surface area contributed by atoms with E-state index in [1.807, 2.05) is 5.23 Å². The first-order valence-corrected chi connectivity index (χ1v) is 9.76. The van der Waals surface area contributed by atoms with Crippen molar-refractivity contribution >= 4 is 27.6 Å². The molecule has 0 saturated carbocycles. The summed E-state index contributed by atoms with van der Waals surface area (Å²) in [5, 5.41) is 8.30. The maximum Gasteiger partial charge on any atom is 0.433 e. The van der Waals surface area contributed by atoms with Gasteiger partial charge in [-0.05, 0) is 67.1 Å². The molecule has 1 aromatic carbocycles. The molecule has 0 saturated heterocycles. The van der Waals surface area contributed by atoms with E-state index in [-0.39, 0.29) is 17.2 Å². The summed E-state index contributed by atoms with van der Waals surface area (Å²) in [5.41, 5.74) is -0.248. The molecule has 2 aromatic heterocycles. The smallest absolute Gasteiger partial charge is 0.307 e. The maximum absolute atomic E-state index is 13.1. The van der Waals surface area contributed by atoms with Crippen LogP contribution in [-0.2, 0) is 11.0 Å². The van der Waals surface area contributed by atoms with Gasteiger partial charge >= 0.3 is 6.18 Å². The molecule has 0 aliphatic heterocycles. The molecule has 0 fully saturated rings. The van der Waals surface area contributed by atoms with E-state index in [2.05, 4.69) is 20.1 Å². The number of nitrogens with zero attached hydrogens (tertiary/aromatic N) is 3. The van der Waals surface area contributed by atoms with E-state index in [0.717, 1.165) is 10.7 Å². The van der Waals surface area contributed by atoms with E-state index in [0.29, 0.717) is 10.5 Å². The molecule has 1 amide bonds. The highest BCUT2D eigenvalue weighted by atomic mass is 32.2. The fourth-order valence-corrected chi connectivity index (χ4v) is 3.45. The maximum atomic E-state index is 13.1. The van der Waals surface area contributed by atoms with Crippen molar-refractivity contribution in [2.45, 2.75) is 18.0 Å². The fraction of sp³-hybridized carbons (Fsp3) is 0.158. The molecule has 30 heavy (non-hydrogen) atoms. The van der Waals surface area contributed by atoms with Gasteiger partial charge in [-0.2, -0.15) is 18.3 Å². The van der Waals surface area contributed by atoms with Crippen LogP contribution in [0.3, 0.4) is 0 Å². The Labute approximate surface area is 172 Å². The van der Waals surface area contributed by atoms with Gasteiger partial charge in [-0.1, -0.05) is 0 Å². The van der Waals surface area contributed by atoms with Gasteiger partial charge in [0, 0.05) is 10.5 Å². The summed E-state index contributed by atoms with van der Waals surface area (Å²) in [5.74, 6) is -0.284. The van der Waals surface area contributed by atoms with Crippen LogP contribution in [0.5, 0.6) is 0 Å². The average molecular weight is 435 g/mol. The summed E-state index contributed by atoms with van der Waals surface area (Å²) < 4.78 is 43.0. The minimum atomic E-state index is -4.56.